The second-order valence-corrected chi connectivity index (χ2v) is 5.17. The number of nitrogens with one attached hydrogen (secondary N) is 1. The fourth-order valence-electron chi connectivity index (χ4n) is 2.47. The van der Waals surface area contributed by atoms with Crippen LogP contribution in [0.1, 0.15) is 58.8 Å². The third kappa shape index (κ3) is 5.69. The van der Waals surface area contributed by atoms with E-state index in [1.54, 1.807) is 5.57 Å². The molecule has 1 N–H and O–H groups in total. The number of hydrogen-bond donors (Lipinski definition) is 1. The van der Waals surface area contributed by atoms with Crippen molar-refractivity contribution in [2.24, 2.45) is 0 Å². The van der Waals surface area contributed by atoms with Crippen molar-refractivity contribution in [1.82, 2.24) is 5.32 Å². The molecule has 1 rings (SSSR count). The van der Waals surface area contributed by atoms with Crippen LogP contribution in [0.25, 0.3) is 0 Å². The maximum atomic E-state index is 5.42. The van der Waals surface area contributed by atoms with E-state index in [0.717, 1.165) is 13.0 Å². The first-order valence-electron chi connectivity index (χ1n) is 7.23. The lowest BCUT2D eigenvalue weighted by Gasteiger charge is -2.24. The molecule has 0 saturated carbocycles. The molecule has 0 aromatic carbocycles. The molecule has 17 heavy (non-hydrogen) atoms. The first-order chi connectivity index (χ1) is 8.27. The first-order valence-corrected chi connectivity index (χ1v) is 7.23. The Labute approximate surface area is 107 Å². The van der Waals surface area contributed by atoms with Gasteiger partial charge in [-0.05, 0) is 52.0 Å². The second-order valence-electron chi connectivity index (χ2n) is 5.17. The number of methoxy groups -OCH3 is 1. The zero-order chi connectivity index (χ0) is 12.5. The van der Waals surface area contributed by atoms with Gasteiger partial charge in [-0.25, -0.2) is 0 Å². The van der Waals surface area contributed by atoms with Gasteiger partial charge in [0, 0.05) is 13.2 Å². The van der Waals surface area contributed by atoms with Gasteiger partial charge in [0.05, 0.1) is 6.10 Å². The molecule has 2 nitrogen and oxygen atoms in total. The summed E-state index contributed by atoms with van der Waals surface area (Å²) in [6, 6.07) is 0.531. The van der Waals surface area contributed by atoms with Crippen molar-refractivity contribution < 1.29 is 4.74 Å². The molecule has 1 aliphatic rings. The lowest BCUT2D eigenvalue weighted by Crippen LogP contribution is -2.34. The van der Waals surface area contributed by atoms with Crippen LogP contribution in [0.3, 0.4) is 0 Å². The van der Waals surface area contributed by atoms with Gasteiger partial charge in [-0.3, -0.25) is 0 Å². The molecule has 0 fully saturated rings. The van der Waals surface area contributed by atoms with Gasteiger partial charge in [-0.15, -0.1) is 0 Å². The second kappa shape index (κ2) is 8.71. The molecule has 2 heteroatoms. The fourth-order valence-corrected chi connectivity index (χ4v) is 2.47. The van der Waals surface area contributed by atoms with Crippen molar-refractivity contribution in [2.45, 2.75) is 70.9 Å². The fraction of sp³-hybridized carbons (Fsp3) is 0.867. The highest BCUT2D eigenvalue weighted by molar-refractivity contribution is 5.12. The van der Waals surface area contributed by atoms with Gasteiger partial charge in [0.1, 0.15) is 0 Å². The van der Waals surface area contributed by atoms with E-state index in [2.05, 4.69) is 25.2 Å². The van der Waals surface area contributed by atoms with E-state index in [1.165, 1.54) is 38.5 Å². The Kier molecular flexibility index (Phi) is 7.54. The quantitative estimate of drug-likeness (QED) is 0.684. The topological polar surface area (TPSA) is 21.3 Å². The molecule has 0 aromatic rings. The molecule has 0 bridgehead atoms. The summed E-state index contributed by atoms with van der Waals surface area (Å²) in [4.78, 5) is 0. The van der Waals surface area contributed by atoms with Crippen molar-refractivity contribution in [3.63, 3.8) is 0 Å². The summed E-state index contributed by atoms with van der Waals surface area (Å²) in [5.41, 5.74) is 1.62. The smallest absolute Gasteiger partial charge is 0.0561 e. The molecule has 100 valence electrons. The Bertz CT molecular complexity index is 225. The van der Waals surface area contributed by atoms with Crippen molar-refractivity contribution in [3.8, 4) is 0 Å². The molecule has 1 aliphatic carbocycles. The van der Waals surface area contributed by atoms with Crippen molar-refractivity contribution in [1.29, 1.82) is 0 Å². The van der Waals surface area contributed by atoms with Crippen LogP contribution in [-0.4, -0.2) is 25.8 Å². The number of allylic oxidation sites excluding steroid dienone is 1. The third-order valence-electron chi connectivity index (χ3n) is 3.63. The lowest BCUT2D eigenvalue weighted by atomic mass is 9.97. The van der Waals surface area contributed by atoms with E-state index in [1.807, 2.05) is 7.11 Å². The van der Waals surface area contributed by atoms with E-state index in [0.29, 0.717) is 12.1 Å². The summed E-state index contributed by atoms with van der Waals surface area (Å²) in [6.45, 7) is 5.50. The Morgan fingerprint density at radius 1 is 1.35 bits per heavy atom. The first kappa shape index (κ1) is 14.7. The molecule has 0 aliphatic heterocycles. The van der Waals surface area contributed by atoms with E-state index < -0.39 is 0 Å². The minimum absolute atomic E-state index is 0.341. The molecular formula is C15H29NO. The molecule has 2 atom stereocenters. The highest BCUT2D eigenvalue weighted by atomic mass is 16.5. The third-order valence-corrected chi connectivity index (χ3v) is 3.63. The number of rotatable bonds is 7. The molecule has 0 saturated heterocycles. The van der Waals surface area contributed by atoms with Gasteiger partial charge in [0.2, 0.25) is 0 Å². The Balaban J connectivity index is 2.55. The maximum Gasteiger partial charge on any atom is 0.0561 e. The summed E-state index contributed by atoms with van der Waals surface area (Å²) >= 11 is 0. The SMILES string of the molecule is CCCNC(CC(C)OC)C1=CCCCCC1. The van der Waals surface area contributed by atoms with Gasteiger partial charge in [-0.1, -0.05) is 25.0 Å². The Morgan fingerprint density at radius 2 is 2.18 bits per heavy atom. The molecule has 0 spiro atoms. The molecular weight excluding hydrogens is 210 g/mol. The summed E-state index contributed by atoms with van der Waals surface area (Å²) in [7, 11) is 1.81. The van der Waals surface area contributed by atoms with E-state index in [9.17, 15) is 0 Å². The Hall–Kier alpha value is -0.340. The zero-order valence-electron chi connectivity index (χ0n) is 11.8. The summed E-state index contributed by atoms with van der Waals surface area (Å²) in [5.74, 6) is 0. The van der Waals surface area contributed by atoms with Gasteiger partial charge >= 0.3 is 0 Å². The van der Waals surface area contributed by atoms with Crippen LogP contribution in [0.2, 0.25) is 0 Å². The number of hydrogen-bond acceptors (Lipinski definition) is 2. The molecule has 0 heterocycles. The standard InChI is InChI=1S/C15H29NO/c1-4-11-16-15(12-13(2)17-3)14-9-7-5-6-8-10-14/h9,13,15-16H,4-8,10-12H2,1-3H3. The van der Waals surface area contributed by atoms with Crippen LogP contribution in [0.15, 0.2) is 11.6 Å². The minimum atomic E-state index is 0.341. The van der Waals surface area contributed by atoms with Gasteiger partial charge < -0.3 is 10.1 Å². The summed E-state index contributed by atoms with van der Waals surface area (Å²) in [6.07, 6.45) is 11.8. The van der Waals surface area contributed by atoms with E-state index in [4.69, 9.17) is 4.74 Å². The van der Waals surface area contributed by atoms with E-state index >= 15 is 0 Å². The molecule has 0 radical (unpaired) electrons. The van der Waals surface area contributed by atoms with Crippen LogP contribution in [0.5, 0.6) is 0 Å². The van der Waals surface area contributed by atoms with Crippen LogP contribution in [0.4, 0.5) is 0 Å². The summed E-state index contributed by atoms with van der Waals surface area (Å²) in [5, 5.41) is 3.68. The van der Waals surface area contributed by atoms with Crippen LogP contribution in [0, 0.1) is 0 Å². The lowest BCUT2D eigenvalue weighted by molar-refractivity contribution is 0.104. The average Bonchev–Trinajstić information content (AvgIpc) is 2.62. The molecule has 0 aromatic heterocycles. The normalized spacial score (nSPS) is 20.5. The molecule has 0 amide bonds. The number of ether oxygens (including phenoxy) is 1. The highest BCUT2D eigenvalue weighted by Gasteiger charge is 2.17. The zero-order valence-corrected chi connectivity index (χ0v) is 11.8. The summed E-state index contributed by atoms with van der Waals surface area (Å²) < 4.78 is 5.42. The average molecular weight is 239 g/mol. The van der Waals surface area contributed by atoms with Gasteiger partial charge in [-0.2, -0.15) is 0 Å². The predicted molar refractivity (Wildman–Crippen MR) is 74.3 cm³/mol. The van der Waals surface area contributed by atoms with Crippen molar-refractivity contribution in [3.05, 3.63) is 11.6 Å². The van der Waals surface area contributed by atoms with Gasteiger partial charge in [0.15, 0.2) is 0 Å². The Morgan fingerprint density at radius 3 is 2.88 bits per heavy atom. The minimum Gasteiger partial charge on any atom is -0.382 e. The van der Waals surface area contributed by atoms with Crippen LogP contribution < -0.4 is 5.32 Å². The van der Waals surface area contributed by atoms with Crippen molar-refractivity contribution >= 4 is 0 Å². The van der Waals surface area contributed by atoms with Gasteiger partial charge in [0.25, 0.3) is 0 Å². The van der Waals surface area contributed by atoms with Crippen LogP contribution >= 0.6 is 0 Å². The van der Waals surface area contributed by atoms with Crippen molar-refractivity contribution in [2.75, 3.05) is 13.7 Å². The van der Waals surface area contributed by atoms with Crippen LogP contribution in [-0.2, 0) is 4.74 Å². The highest BCUT2D eigenvalue weighted by Crippen LogP contribution is 2.22. The maximum absolute atomic E-state index is 5.42. The monoisotopic (exact) mass is 239 g/mol. The largest absolute Gasteiger partial charge is 0.382 e. The van der Waals surface area contributed by atoms with E-state index in [-0.39, 0.29) is 0 Å². The predicted octanol–water partition coefficient (Wildman–Crippen LogP) is 3.67. The molecule has 2 unspecified atom stereocenters.